The molecule has 0 radical (unpaired) electrons. The summed E-state index contributed by atoms with van der Waals surface area (Å²) in [6.45, 7) is 3.60. The molecule has 8 heteroatoms. The van der Waals surface area contributed by atoms with Crippen LogP contribution in [0, 0.1) is 0 Å². The second-order valence-corrected chi connectivity index (χ2v) is 6.93. The SMILES string of the molecule is COc1ccc(C2=NS(=O)(=O)N(C)C(C(=O)NC(C)C)=C2)cc1. The summed E-state index contributed by atoms with van der Waals surface area (Å²) in [4.78, 5) is 12.2. The third-order valence-corrected chi connectivity index (χ3v) is 4.53. The zero-order valence-corrected chi connectivity index (χ0v) is 14.2. The fourth-order valence-corrected chi connectivity index (χ4v) is 2.91. The summed E-state index contributed by atoms with van der Waals surface area (Å²) in [5.41, 5.74) is 0.816. The van der Waals surface area contributed by atoms with Crippen molar-refractivity contribution in [3.63, 3.8) is 0 Å². The van der Waals surface area contributed by atoms with Gasteiger partial charge >= 0.3 is 10.2 Å². The fraction of sp³-hybridized carbons (Fsp3) is 0.333. The smallest absolute Gasteiger partial charge is 0.345 e. The second-order valence-electron chi connectivity index (χ2n) is 5.31. The van der Waals surface area contributed by atoms with Crippen molar-refractivity contribution < 1.29 is 17.9 Å². The highest BCUT2D eigenvalue weighted by atomic mass is 32.2. The number of rotatable bonds is 4. The third kappa shape index (κ3) is 3.70. The minimum absolute atomic E-state index is 0.0273. The van der Waals surface area contributed by atoms with E-state index in [1.54, 1.807) is 45.2 Å². The molecule has 23 heavy (non-hydrogen) atoms. The molecule has 1 aliphatic heterocycles. The molecule has 0 saturated carbocycles. The first-order valence-electron chi connectivity index (χ1n) is 7.00. The molecule has 1 N–H and O–H groups in total. The van der Waals surface area contributed by atoms with E-state index in [1.165, 1.54) is 13.1 Å². The summed E-state index contributed by atoms with van der Waals surface area (Å²) in [5.74, 6) is 0.180. The molecular formula is C15H19N3O4S. The van der Waals surface area contributed by atoms with Crippen LogP contribution in [0.3, 0.4) is 0 Å². The van der Waals surface area contributed by atoms with Crippen molar-refractivity contribution in [1.29, 1.82) is 0 Å². The molecule has 1 aliphatic rings. The number of nitrogens with one attached hydrogen (secondary N) is 1. The molecule has 1 aromatic carbocycles. The Labute approximate surface area is 135 Å². The molecule has 1 aromatic rings. The first kappa shape index (κ1) is 17.0. The highest BCUT2D eigenvalue weighted by Gasteiger charge is 2.30. The van der Waals surface area contributed by atoms with Crippen LogP contribution >= 0.6 is 0 Å². The number of benzene rings is 1. The van der Waals surface area contributed by atoms with Crippen LogP contribution in [0.15, 0.2) is 40.4 Å². The molecule has 124 valence electrons. The molecule has 0 aliphatic carbocycles. The van der Waals surface area contributed by atoms with Gasteiger partial charge in [0.25, 0.3) is 5.91 Å². The number of likely N-dealkylation sites (N-methyl/N-ethyl adjacent to an activating group) is 1. The summed E-state index contributed by atoms with van der Waals surface area (Å²) < 4.78 is 34.1. The van der Waals surface area contributed by atoms with E-state index < -0.39 is 16.1 Å². The van der Waals surface area contributed by atoms with Gasteiger partial charge in [-0.05, 0) is 44.2 Å². The topological polar surface area (TPSA) is 88.1 Å². The Kier molecular flexibility index (Phi) is 4.74. The standard InChI is InChI=1S/C15H19N3O4S/c1-10(2)16-15(19)14-9-13(17-23(20,21)18(14)3)11-5-7-12(22-4)8-6-11/h5-10H,1-4H3,(H,16,19). The molecule has 2 rings (SSSR count). The van der Waals surface area contributed by atoms with Crippen LogP contribution in [0.25, 0.3) is 0 Å². The van der Waals surface area contributed by atoms with Gasteiger partial charge in [-0.3, -0.25) is 4.79 Å². The molecule has 0 fully saturated rings. The average Bonchev–Trinajstić information content (AvgIpc) is 2.49. The van der Waals surface area contributed by atoms with Crippen molar-refractivity contribution in [2.45, 2.75) is 19.9 Å². The fourth-order valence-electron chi connectivity index (χ4n) is 2.00. The van der Waals surface area contributed by atoms with Gasteiger partial charge in [-0.25, -0.2) is 4.31 Å². The van der Waals surface area contributed by atoms with Crippen molar-refractivity contribution in [2.24, 2.45) is 4.40 Å². The van der Waals surface area contributed by atoms with E-state index in [2.05, 4.69) is 9.71 Å². The number of nitrogens with zero attached hydrogens (tertiary/aromatic N) is 2. The predicted octanol–water partition coefficient (Wildman–Crippen LogP) is 1.08. The van der Waals surface area contributed by atoms with Crippen molar-refractivity contribution >= 4 is 21.8 Å². The number of amides is 1. The van der Waals surface area contributed by atoms with E-state index in [9.17, 15) is 13.2 Å². The maximum atomic E-state index is 12.2. The van der Waals surface area contributed by atoms with Gasteiger partial charge in [-0.2, -0.15) is 8.42 Å². The molecule has 0 unspecified atom stereocenters. The van der Waals surface area contributed by atoms with Crippen LogP contribution in [0.5, 0.6) is 5.75 Å². The molecule has 0 saturated heterocycles. The van der Waals surface area contributed by atoms with Crippen molar-refractivity contribution in [3.8, 4) is 5.75 Å². The zero-order valence-electron chi connectivity index (χ0n) is 13.4. The number of hydrogen-bond donors (Lipinski definition) is 1. The highest BCUT2D eigenvalue weighted by molar-refractivity contribution is 7.88. The quantitative estimate of drug-likeness (QED) is 0.890. The van der Waals surface area contributed by atoms with Crippen LogP contribution in [0.2, 0.25) is 0 Å². The zero-order chi connectivity index (χ0) is 17.2. The third-order valence-electron chi connectivity index (χ3n) is 3.21. The first-order chi connectivity index (χ1) is 10.7. The van der Waals surface area contributed by atoms with E-state index in [1.807, 2.05) is 0 Å². The lowest BCUT2D eigenvalue weighted by Gasteiger charge is -2.24. The Hall–Kier alpha value is -2.35. The van der Waals surface area contributed by atoms with Gasteiger partial charge in [0.1, 0.15) is 11.4 Å². The predicted molar refractivity (Wildman–Crippen MR) is 87.6 cm³/mol. The Bertz CT molecular complexity index is 764. The molecule has 0 spiro atoms. The lowest BCUT2D eigenvalue weighted by Crippen LogP contribution is -2.40. The maximum Gasteiger partial charge on any atom is 0.345 e. The number of carbonyl (C=O) groups excluding carboxylic acids is 1. The molecule has 0 atom stereocenters. The van der Waals surface area contributed by atoms with Gasteiger partial charge in [0.05, 0.1) is 12.8 Å². The summed E-state index contributed by atoms with van der Waals surface area (Å²) in [6, 6.07) is 6.66. The summed E-state index contributed by atoms with van der Waals surface area (Å²) in [7, 11) is -1.10. The van der Waals surface area contributed by atoms with Crippen LogP contribution in [0.1, 0.15) is 19.4 Å². The number of methoxy groups -OCH3 is 1. The molecule has 0 bridgehead atoms. The molecule has 0 aromatic heterocycles. The summed E-state index contributed by atoms with van der Waals surface area (Å²) >= 11 is 0. The average molecular weight is 337 g/mol. The molecule has 1 amide bonds. The Morgan fingerprint density at radius 3 is 2.39 bits per heavy atom. The molecular weight excluding hydrogens is 318 g/mol. The van der Waals surface area contributed by atoms with Crippen LogP contribution in [0.4, 0.5) is 0 Å². The van der Waals surface area contributed by atoms with E-state index in [0.29, 0.717) is 11.3 Å². The van der Waals surface area contributed by atoms with Gasteiger partial charge < -0.3 is 10.1 Å². The number of allylic oxidation sites excluding steroid dienone is 1. The van der Waals surface area contributed by atoms with E-state index in [-0.39, 0.29) is 17.5 Å². The Morgan fingerprint density at radius 2 is 1.87 bits per heavy atom. The van der Waals surface area contributed by atoms with Gasteiger partial charge in [0.2, 0.25) is 0 Å². The van der Waals surface area contributed by atoms with Crippen molar-refractivity contribution in [3.05, 3.63) is 41.6 Å². The Morgan fingerprint density at radius 1 is 1.26 bits per heavy atom. The van der Waals surface area contributed by atoms with E-state index >= 15 is 0 Å². The monoisotopic (exact) mass is 337 g/mol. The van der Waals surface area contributed by atoms with E-state index in [4.69, 9.17) is 4.74 Å². The summed E-state index contributed by atoms with van der Waals surface area (Å²) in [5, 5.41) is 2.68. The number of ether oxygens (including phenoxy) is 1. The van der Waals surface area contributed by atoms with E-state index in [0.717, 1.165) is 4.31 Å². The van der Waals surface area contributed by atoms with Crippen LogP contribution < -0.4 is 10.1 Å². The lowest BCUT2D eigenvalue weighted by molar-refractivity contribution is -0.118. The minimum Gasteiger partial charge on any atom is -0.497 e. The molecule has 7 nitrogen and oxygen atoms in total. The van der Waals surface area contributed by atoms with Crippen LogP contribution in [-0.2, 0) is 15.0 Å². The normalized spacial score (nSPS) is 16.7. The highest BCUT2D eigenvalue weighted by Crippen LogP contribution is 2.21. The van der Waals surface area contributed by atoms with Gasteiger partial charge in [-0.1, -0.05) is 0 Å². The lowest BCUT2D eigenvalue weighted by atomic mass is 10.1. The number of hydrogen-bond acceptors (Lipinski definition) is 4. The number of carbonyl (C=O) groups is 1. The Balaban J connectivity index is 2.45. The molecule has 1 heterocycles. The van der Waals surface area contributed by atoms with Gasteiger partial charge in [0, 0.05) is 18.7 Å². The second kappa shape index (κ2) is 6.41. The van der Waals surface area contributed by atoms with Crippen molar-refractivity contribution in [1.82, 2.24) is 9.62 Å². The van der Waals surface area contributed by atoms with Crippen molar-refractivity contribution in [2.75, 3.05) is 14.2 Å². The minimum atomic E-state index is -3.94. The largest absolute Gasteiger partial charge is 0.497 e. The summed E-state index contributed by atoms with van der Waals surface area (Å²) in [6.07, 6.45) is 1.46. The first-order valence-corrected chi connectivity index (χ1v) is 8.40. The van der Waals surface area contributed by atoms with Crippen LogP contribution in [-0.4, -0.2) is 44.5 Å². The van der Waals surface area contributed by atoms with Gasteiger partial charge in [-0.15, -0.1) is 4.40 Å². The maximum absolute atomic E-state index is 12.2. The van der Waals surface area contributed by atoms with Gasteiger partial charge in [0.15, 0.2) is 0 Å².